The number of primary amides is 1. The van der Waals surface area contributed by atoms with Gasteiger partial charge in [0, 0.05) is 6.42 Å². The van der Waals surface area contributed by atoms with Gasteiger partial charge in [-0.25, -0.2) is 9.59 Å². The van der Waals surface area contributed by atoms with Crippen molar-refractivity contribution in [1.29, 1.82) is 0 Å². The molecule has 1 unspecified atom stereocenters. The SMILES string of the molecule is CSCCC(NC(N)=O)C(=O)N[C@@H](CCC(=O)O)C(=O)O. The van der Waals surface area contributed by atoms with E-state index in [1.54, 1.807) is 0 Å². The predicted octanol–water partition coefficient (Wildman–Crippen LogP) is -0.789. The van der Waals surface area contributed by atoms with Gasteiger partial charge in [0.1, 0.15) is 12.1 Å². The number of carbonyl (C=O) groups is 4. The Hall–Kier alpha value is -1.97. The van der Waals surface area contributed by atoms with E-state index in [4.69, 9.17) is 15.9 Å². The number of hydrogen-bond donors (Lipinski definition) is 5. The highest BCUT2D eigenvalue weighted by molar-refractivity contribution is 7.98. The van der Waals surface area contributed by atoms with Crippen LogP contribution in [-0.4, -0.2) is 58.2 Å². The third kappa shape index (κ3) is 8.74. The highest BCUT2D eigenvalue weighted by Gasteiger charge is 2.26. The average molecular weight is 321 g/mol. The number of rotatable bonds is 10. The van der Waals surface area contributed by atoms with E-state index >= 15 is 0 Å². The second-order valence-electron chi connectivity index (χ2n) is 4.17. The van der Waals surface area contributed by atoms with Gasteiger partial charge in [0.15, 0.2) is 0 Å². The molecule has 0 aliphatic heterocycles. The summed E-state index contributed by atoms with van der Waals surface area (Å²) >= 11 is 1.45. The predicted molar refractivity (Wildman–Crippen MR) is 75.9 cm³/mol. The topological polar surface area (TPSA) is 159 Å². The van der Waals surface area contributed by atoms with Gasteiger partial charge in [-0.05, 0) is 24.9 Å². The smallest absolute Gasteiger partial charge is 0.326 e. The lowest BCUT2D eigenvalue weighted by molar-refractivity contribution is -0.143. The maximum absolute atomic E-state index is 11.9. The molecule has 0 heterocycles. The summed E-state index contributed by atoms with van der Waals surface area (Å²) in [4.78, 5) is 44.2. The number of nitrogens with two attached hydrogens (primary N) is 1. The minimum atomic E-state index is -1.34. The van der Waals surface area contributed by atoms with Crippen LogP contribution in [0.15, 0.2) is 0 Å². The molecule has 0 aromatic rings. The number of thioether (sulfide) groups is 1. The molecule has 0 bridgehead atoms. The van der Waals surface area contributed by atoms with Crippen LogP contribution in [0.2, 0.25) is 0 Å². The Kier molecular flexibility index (Phi) is 8.93. The van der Waals surface area contributed by atoms with Crippen LogP contribution in [0.3, 0.4) is 0 Å². The van der Waals surface area contributed by atoms with Crippen LogP contribution in [0.25, 0.3) is 0 Å². The molecule has 9 nitrogen and oxygen atoms in total. The molecule has 0 spiro atoms. The molecule has 0 saturated carbocycles. The van der Waals surface area contributed by atoms with Crippen LogP contribution in [0.4, 0.5) is 4.79 Å². The van der Waals surface area contributed by atoms with Crippen molar-refractivity contribution >= 4 is 35.6 Å². The van der Waals surface area contributed by atoms with Crippen molar-refractivity contribution in [2.75, 3.05) is 12.0 Å². The van der Waals surface area contributed by atoms with Gasteiger partial charge in [-0.1, -0.05) is 0 Å². The Morgan fingerprint density at radius 1 is 1.10 bits per heavy atom. The molecule has 10 heteroatoms. The molecule has 0 aliphatic carbocycles. The van der Waals surface area contributed by atoms with E-state index < -0.39 is 42.4 Å². The number of carbonyl (C=O) groups excluding carboxylic acids is 2. The number of carboxylic acid groups (broad SMARTS) is 2. The van der Waals surface area contributed by atoms with Crippen molar-refractivity contribution in [2.45, 2.75) is 31.3 Å². The van der Waals surface area contributed by atoms with Gasteiger partial charge in [0.25, 0.3) is 0 Å². The zero-order valence-electron chi connectivity index (χ0n) is 11.5. The normalized spacial score (nSPS) is 13.0. The molecule has 0 radical (unpaired) electrons. The number of hydrogen-bond acceptors (Lipinski definition) is 5. The first-order valence-corrected chi connectivity index (χ1v) is 7.47. The second-order valence-corrected chi connectivity index (χ2v) is 5.16. The van der Waals surface area contributed by atoms with Crippen LogP contribution in [0.5, 0.6) is 0 Å². The molecule has 0 fully saturated rings. The maximum atomic E-state index is 11.9. The molecule has 21 heavy (non-hydrogen) atoms. The Bertz CT molecular complexity index is 403. The van der Waals surface area contributed by atoms with Crippen molar-refractivity contribution in [3.8, 4) is 0 Å². The number of urea groups is 1. The van der Waals surface area contributed by atoms with E-state index in [0.717, 1.165) is 0 Å². The molecule has 120 valence electrons. The molecule has 6 N–H and O–H groups in total. The highest BCUT2D eigenvalue weighted by Crippen LogP contribution is 2.04. The maximum Gasteiger partial charge on any atom is 0.326 e. The monoisotopic (exact) mass is 321 g/mol. The largest absolute Gasteiger partial charge is 0.481 e. The third-order valence-corrected chi connectivity index (χ3v) is 3.15. The number of aliphatic carboxylic acids is 2. The first kappa shape index (κ1) is 19.0. The van der Waals surface area contributed by atoms with Crippen LogP contribution in [-0.2, 0) is 14.4 Å². The van der Waals surface area contributed by atoms with E-state index in [-0.39, 0.29) is 12.8 Å². The Morgan fingerprint density at radius 2 is 1.71 bits per heavy atom. The van der Waals surface area contributed by atoms with E-state index in [9.17, 15) is 19.2 Å². The summed E-state index contributed by atoms with van der Waals surface area (Å²) in [5.41, 5.74) is 4.96. The van der Waals surface area contributed by atoms with Gasteiger partial charge in [0.05, 0.1) is 0 Å². The minimum absolute atomic E-state index is 0.248. The molecule has 2 atom stereocenters. The summed E-state index contributed by atoms with van der Waals surface area (Å²) in [6.07, 6.45) is 1.45. The summed E-state index contributed by atoms with van der Waals surface area (Å²) in [6.45, 7) is 0. The Balaban J connectivity index is 4.68. The zero-order chi connectivity index (χ0) is 16.4. The van der Waals surface area contributed by atoms with Crippen molar-refractivity contribution in [3.05, 3.63) is 0 Å². The molecule has 0 aromatic heterocycles. The van der Waals surface area contributed by atoms with Crippen LogP contribution >= 0.6 is 11.8 Å². The first-order valence-electron chi connectivity index (χ1n) is 6.07. The molecule has 0 saturated heterocycles. The van der Waals surface area contributed by atoms with E-state index in [2.05, 4.69) is 10.6 Å². The van der Waals surface area contributed by atoms with Crippen LogP contribution in [0, 0.1) is 0 Å². The van der Waals surface area contributed by atoms with Crippen molar-refractivity contribution in [1.82, 2.24) is 10.6 Å². The fourth-order valence-electron chi connectivity index (χ4n) is 1.47. The number of amides is 3. The lowest BCUT2D eigenvalue weighted by Crippen LogP contribution is -2.53. The minimum Gasteiger partial charge on any atom is -0.481 e. The Morgan fingerprint density at radius 3 is 2.14 bits per heavy atom. The van der Waals surface area contributed by atoms with Gasteiger partial charge in [-0.2, -0.15) is 11.8 Å². The van der Waals surface area contributed by atoms with E-state index in [0.29, 0.717) is 5.75 Å². The highest BCUT2D eigenvalue weighted by atomic mass is 32.2. The molecular weight excluding hydrogens is 302 g/mol. The van der Waals surface area contributed by atoms with Gasteiger partial charge >= 0.3 is 18.0 Å². The first-order chi connectivity index (χ1) is 9.77. The molecule has 0 aromatic carbocycles. The van der Waals surface area contributed by atoms with Crippen LogP contribution < -0.4 is 16.4 Å². The lowest BCUT2D eigenvalue weighted by Gasteiger charge is -2.20. The Labute approximate surface area is 125 Å². The lowest BCUT2D eigenvalue weighted by atomic mass is 10.1. The fourth-order valence-corrected chi connectivity index (χ4v) is 1.95. The summed E-state index contributed by atoms with van der Waals surface area (Å²) in [5.74, 6) is -2.65. The van der Waals surface area contributed by atoms with Gasteiger partial charge in [-0.15, -0.1) is 0 Å². The fraction of sp³-hybridized carbons (Fsp3) is 0.636. The van der Waals surface area contributed by atoms with Crippen LogP contribution in [0.1, 0.15) is 19.3 Å². The average Bonchev–Trinajstić information content (AvgIpc) is 2.37. The zero-order valence-corrected chi connectivity index (χ0v) is 12.3. The van der Waals surface area contributed by atoms with Gasteiger partial charge in [-0.3, -0.25) is 9.59 Å². The molecular formula is C11H19N3O6S. The van der Waals surface area contributed by atoms with Gasteiger partial charge < -0.3 is 26.6 Å². The molecule has 0 rings (SSSR count). The second kappa shape index (κ2) is 9.86. The summed E-state index contributed by atoms with van der Waals surface area (Å²) in [5, 5.41) is 21.9. The van der Waals surface area contributed by atoms with Crippen molar-refractivity contribution < 1.29 is 29.4 Å². The van der Waals surface area contributed by atoms with E-state index in [1.165, 1.54) is 11.8 Å². The summed E-state index contributed by atoms with van der Waals surface area (Å²) in [6, 6.07) is -3.18. The number of carboxylic acids is 2. The summed E-state index contributed by atoms with van der Waals surface area (Å²) in [7, 11) is 0. The third-order valence-electron chi connectivity index (χ3n) is 2.51. The van der Waals surface area contributed by atoms with E-state index in [1.807, 2.05) is 6.26 Å². The van der Waals surface area contributed by atoms with Crippen molar-refractivity contribution in [2.24, 2.45) is 5.73 Å². The quantitative estimate of drug-likeness (QED) is 0.352. The number of nitrogens with one attached hydrogen (secondary N) is 2. The van der Waals surface area contributed by atoms with Crippen molar-refractivity contribution in [3.63, 3.8) is 0 Å². The molecule has 0 aliphatic rings. The van der Waals surface area contributed by atoms with Gasteiger partial charge in [0.2, 0.25) is 5.91 Å². The standard InChI is InChI=1S/C11H19N3O6S/c1-21-5-4-6(14-11(12)20)9(17)13-7(10(18)19)2-3-8(15)16/h6-7H,2-5H2,1H3,(H,13,17)(H,15,16)(H,18,19)(H3,12,14,20)/t6?,7-/m0/s1. The molecule has 3 amide bonds. The summed E-state index contributed by atoms with van der Waals surface area (Å²) < 4.78 is 0.